The van der Waals surface area contributed by atoms with E-state index in [2.05, 4.69) is 10.3 Å². The smallest absolute Gasteiger partial charge is 0.337 e. The zero-order valence-corrected chi connectivity index (χ0v) is 9.50. The zero-order chi connectivity index (χ0) is 12.3. The Morgan fingerprint density at radius 3 is 3.00 bits per heavy atom. The van der Waals surface area contributed by atoms with Crippen LogP contribution in [0.2, 0.25) is 0 Å². The first-order valence-electron chi connectivity index (χ1n) is 4.81. The van der Waals surface area contributed by atoms with Gasteiger partial charge in [0.05, 0.1) is 17.6 Å². The maximum Gasteiger partial charge on any atom is 0.337 e. The molecule has 0 fully saturated rings. The van der Waals surface area contributed by atoms with Gasteiger partial charge < -0.3 is 10.4 Å². The molecule has 17 heavy (non-hydrogen) atoms. The summed E-state index contributed by atoms with van der Waals surface area (Å²) >= 11 is 1.46. The molecule has 0 spiro atoms. The van der Waals surface area contributed by atoms with E-state index in [9.17, 15) is 9.18 Å². The van der Waals surface area contributed by atoms with Crippen LogP contribution >= 0.6 is 11.3 Å². The molecule has 1 heterocycles. The average Bonchev–Trinajstić information content (AvgIpc) is 2.80. The minimum Gasteiger partial charge on any atom is -0.478 e. The largest absolute Gasteiger partial charge is 0.478 e. The second-order valence-corrected chi connectivity index (χ2v) is 4.29. The Hall–Kier alpha value is -1.95. The van der Waals surface area contributed by atoms with Gasteiger partial charge in [-0.3, -0.25) is 4.98 Å². The van der Waals surface area contributed by atoms with Crippen LogP contribution in [0.15, 0.2) is 29.9 Å². The van der Waals surface area contributed by atoms with Gasteiger partial charge in [0, 0.05) is 16.8 Å². The first-order chi connectivity index (χ1) is 8.16. The summed E-state index contributed by atoms with van der Waals surface area (Å²) in [5, 5.41) is 11.9. The normalized spacial score (nSPS) is 10.2. The molecule has 0 aliphatic heterocycles. The van der Waals surface area contributed by atoms with Gasteiger partial charge in [0.15, 0.2) is 0 Å². The second kappa shape index (κ2) is 4.92. The Morgan fingerprint density at radius 2 is 2.35 bits per heavy atom. The number of hydrogen-bond donors (Lipinski definition) is 2. The molecule has 0 aliphatic carbocycles. The number of halogens is 1. The average molecular weight is 252 g/mol. The molecule has 88 valence electrons. The van der Waals surface area contributed by atoms with Gasteiger partial charge in [-0.05, 0) is 18.2 Å². The molecule has 0 amide bonds. The molecule has 1 aromatic heterocycles. The topological polar surface area (TPSA) is 62.2 Å². The number of rotatable bonds is 4. The summed E-state index contributed by atoms with van der Waals surface area (Å²) in [6.07, 6.45) is 1.70. The molecule has 2 N–H and O–H groups in total. The number of aromatic carboxylic acids is 1. The quantitative estimate of drug-likeness (QED) is 0.878. The fraction of sp³-hybridized carbons (Fsp3) is 0.0909. The Bertz CT molecular complexity index is 528. The van der Waals surface area contributed by atoms with Crippen molar-refractivity contribution in [2.75, 3.05) is 5.32 Å². The van der Waals surface area contributed by atoms with Gasteiger partial charge in [-0.25, -0.2) is 9.18 Å². The van der Waals surface area contributed by atoms with Crippen LogP contribution in [0.1, 0.15) is 15.2 Å². The van der Waals surface area contributed by atoms with Crippen LogP contribution in [0.25, 0.3) is 0 Å². The number of benzene rings is 1. The molecule has 0 atom stereocenters. The van der Waals surface area contributed by atoms with Gasteiger partial charge in [0.25, 0.3) is 0 Å². The van der Waals surface area contributed by atoms with Crippen molar-refractivity contribution in [2.24, 2.45) is 0 Å². The molecule has 0 radical (unpaired) electrons. The van der Waals surface area contributed by atoms with Gasteiger partial charge in [-0.1, -0.05) is 0 Å². The van der Waals surface area contributed by atoms with Gasteiger partial charge >= 0.3 is 5.97 Å². The molecule has 4 nitrogen and oxygen atoms in total. The van der Waals surface area contributed by atoms with Crippen LogP contribution < -0.4 is 5.32 Å². The van der Waals surface area contributed by atoms with Crippen molar-refractivity contribution < 1.29 is 14.3 Å². The third-order valence-electron chi connectivity index (χ3n) is 2.15. The predicted octanol–water partition coefficient (Wildman–Crippen LogP) is 2.59. The van der Waals surface area contributed by atoms with Crippen LogP contribution in [0.4, 0.5) is 10.1 Å². The van der Waals surface area contributed by atoms with Crippen LogP contribution in [-0.4, -0.2) is 16.1 Å². The molecule has 6 heteroatoms. The lowest BCUT2D eigenvalue weighted by molar-refractivity contribution is 0.0697. The van der Waals surface area contributed by atoms with Gasteiger partial charge in [-0.2, -0.15) is 0 Å². The summed E-state index contributed by atoms with van der Waals surface area (Å²) in [6, 6.07) is 3.64. The van der Waals surface area contributed by atoms with Gasteiger partial charge in [0.1, 0.15) is 5.82 Å². The standard InChI is InChI=1S/C11H9FN2O2S/c12-7-1-2-10(9(3-7)11(15)16)14-5-8-4-13-6-17-8/h1-4,6,14H,5H2,(H,15,16). The van der Waals surface area contributed by atoms with Gasteiger partial charge in [-0.15, -0.1) is 11.3 Å². The van der Waals surface area contributed by atoms with E-state index in [-0.39, 0.29) is 5.56 Å². The lowest BCUT2D eigenvalue weighted by Gasteiger charge is -2.08. The van der Waals surface area contributed by atoms with E-state index < -0.39 is 11.8 Å². The lowest BCUT2D eigenvalue weighted by Crippen LogP contribution is -2.06. The summed E-state index contributed by atoms with van der Waals surface area (Å²) in [7, 11) is 0. The van der Waals surface area contributed by atoms with Crippen LogP contribution in [0, 0.1) is 5.82 Å². The van der Waals surface area contributed by atoms with Crippen molar-refractivity contribution in [3.05, 3.63) is 46.2 Å². The fourth-order valence-electron chi connectivity index (χ4n) is 1.36. The number of thiazole rings is 1. The van der Waals surface area contributed by atoms with E-state index in [4.69, 9.17) is 5.11 Å². The number of carbonyl (C=O) groups is 1. The number of carboxylic acid groups (broad SMARTS) is 1. The first-order valence-corrected chi connectivity index (χ1v) is 5.69. The summed E-state index contributed by atoms with van der Waals surface area (Å²) in [5.74, 6) is -1.72. The number of aromatic nitrogens is 1. The Morgan fingerprint density at radius 1 is 1.53 bits per heavy atom. The van der Waals surface area contributed by atoms with E-state index in [1.165, 1.54) is 23.5 Å². The van der Waals surface area contributed by atoms with Crippen LogP contribution in [0.5, 0.6) is 0 Å². The van der Waals surface area contributed by atoms with E-state index in [1.807, 2.05) is 0 Å². The highest BCUT2D eigenvalue weighted by Crippen LogP contribution is 2.18. The molecule has 0 saturated carbocycles. The third-order valence-corrected chi connectivity index (χ3v) is 2.93. The fourth-order valence-corrected chi connectivity index (χ4v) is 1.89. The Kier molecular flexibility index (Phi) is 3.34. The van der Waals surface area contributed by atoms with Crippen molar-refractivity contribution in [3.63, 3.8) is 0 Å². The minimum absolute atomic E-state index is 0.0745. The lowest BCUT2D eigenvalue weighted by atomic mass is 10.1. The molecule has 1 aromatic carbocycles. The molecular formula is C11H9FN2O2S. The highest BCUT2D eigenvalue weighted by atomic mass is 32.1. The molecule has 0 unspecified atom stereocenters. The molecular weight excluding hydrogens is 243 g/mol. The van der Waals surface area contributed by atoms with Crippen LogP contribution in [-0.2, 0) is 6.54 Å². The molecule has 0 aliphatic rings. The number of anilines is 1. The van der Waals surface area contributed by atoms with E-state index in [0.717, 1.165) is 10.9 Å². The number of nitrogens with zero attached hydrogens (tertiary/aromatic N) is 1. The van der Waals surface area contributed by atoms with Crippen molar-refractivity contribution in [3.8, 4) is 0 Å². The minimum atomic E-state index is -1.16. The second-order valence-electron chi connectivity index (χ2n) is 3.32. The third kappa shape index (κ3) is 2.79. The Balaban J connectivity index is 2.17. The van der Waals surface area contributed by atoms with E-state index in [0.29, 0.717) is 12.2 Å². The maximum absolute atomic E-state index is 12.9. The van der Waals surface area contributed by atoms with Gasteiger partial charge in [0.2, 0.25) is 0 Å². The van der Waals surface area contributed by atoms with Crippen molar-refractivity contribution in [2.45, 2.75) is 6.54 Å². The highest BCUT2D eigenvalue weighted by Gasteiger charge is 2.11. The maximum atomic E-state index is 12.9. The first kappa shape index (κ1) is 11.5. The zero-order valence-electron chi connectivity index (χ0n) is 8.68. The molecule has 0 bridgehead atoms. The molecule has 2 rings (SSSR count). The van der Waals surface area contributed by atoms with E-state index >= 15 is 0 Å². The molecule has 2 aromatic rings. The Labute approximate surface area is 101 Å². The summed E-state index contributed by atoms with van der Waals surface area (Å²) in [6.45, 7) is 0.469. The monoisotopic (exact) mass is 252 g/mol. The van der Waals surface area contributed by atoms with Crippen LogP contribution in [0.3, 0.4) is 0 Å². The number of carboxylic acids is 1. The predicted molar refractivity (Wildman–Crippen MR) is 62.8 cm³/mol. The van der Waals surface area contributed by atoms with Crippen molar-refractivity contribution in [1.82, 2.24) is 4.98 Å². The molecule has 0 saturated heterocycles. The summed E-state index contributed by atoms with van der Waals surface area (Å²) < 4.78 is 12.9. The SMILES string of the molecule is O=C(O)c1cc(F)ccc1NCc1cncs1. The number of nitrogens with one attached hydrogen (secondary N) is 1. The van der Waals surface area contributed by atoms with Crippen molar-refractivity contribution >= 4 is 23.0 Å². The van der Waals surface area contributed by atoms with Crippen molar-refractivity contribution in [1.29, 1.82) is 0 Å². The summed E-state index contributed by atoms with van der Waals surface area (Å²) in [4.78, 5) is 15.8. The summed E-state index contributed by atoms with van der Waals surface area (Å²) in [5.41, 5.74) is 2.02. The highest BCUT2D eigenvalue weighted by molar-refractivity contribution is 7.09. The van der Waals surface area contributed by atoms with E-state index in [1.54, 1.807) is 11.7 Å². The number of hydrogen-bond acceptors (Lipinski definition) is 4.